The summed E-state index contributed by atoms with van der Waals surface area (Å²) in [4.78, 5) is 11.1. The second-order valence-electron chi connectivity index (χ2n) is 3.92. The van der Waals surface area contributed by atoms with Crippen LogP contribution in [0.25, 0.3) is 0 Å². The topological polar surface area (TPSA) is 26.3 Å². The molecule has 15 heavy (non-hydrogen) atoms. The van der Waals surface area contributed by atoms with Gasteiger partial charge in [0.1, 0.15) is 6.61 Å². The van der Waals surface area contributed by atoms with Gasteiger partial charge in [-0.05, 0) is 19.8 Å². The molecule has 0 radical (unpaired) electrons. The van der Waals surface area contributed by atoms with Gasteiger partial charge in [0.25, 0.3) is 0 Å². The fourth-order valence-electron chi connectivity index (χ4n) is 1.000. The molecular formula is C12H22O2S. The van der Waals surface area contributed by atoms with Crippen LogP contribution in [0, 0.1) is 0 Å². The molecule has 0 atom stereocenters. The molecule has 0 saturated heterocycles. The van der Waals surface area contributed by atoms with Gasteiger partial charge in [0.2, 0.25) is 0 Å². The first-order chi connectivity index (χ1) is 6.95. The highest BCUT2D eigenvalue weighted by Gasteiger charge is 2.19. The average molecular weight is 230 g/mol. The first kappa shape index (κ1) is 14.6. The van der Waals surface area contributed by atoms with E-state index in [1.54, 1.807) is 6.92 Å². The first-order valence-electron chi connectivity index (χ1n) is 5.41. The quantitative estimate of drug-likeness (QED) is 0.381. The third-order valence-corrected chi connectivity index (χ3v) is 4.26. The molecule has 0 heterocycles. The van der Waals surface area contributed by atoms with Crippen LogP contribution in [-0.4, -0.2) is 23.1 Å². The number of esters is 1. The van der Waals surface area contributed by atoms with Gasteiger partial charge >= 0.3 is 5.97 Å². The molecule has 0 fully saturated rings. The van der Waals surface area contributed by atoms with Crippen molar-refractivity contribution in [3.63, 3.8) is 0 Å². The molecule has 0 unspecified atom stereocenters. The molecule has 0 aliphatic carbocycles. The monoisotopic (exact) mass is 230 g/mol. The maximum atomic E-state index is 11.1. The molecule has 88 valence electrons. The lowest BCUT2D eigenvalue weighted by atomic mass is 10.1. The third kappa shape index (κ3) is 5.88. The molecule has 2 nitrogen and oxygen atoms in total. The Kier molecular flexibility index (Phi) is 6.73. The molecule has 0 saturated carbocycles. The SMILES string of the molecule is C=C(C)C(=O)OCCSC(C)(CC)CC. The molecule has 0 amide bonds. The van der Waals surface area contributed by atoms with Crippen molar-refractivity contribution >= 4 is 17.7 Å². The zero-order chi connectivity index (χ0) is 11.9. The van der Waals surface area contributed by atoms with Crippen LogP contribution < -0.4 is 0 Å². The second kappa shape index (κ2) is 6.94. The Hall–Kier alpha value is -0.440. The maximum Gasteiger partial charge on any atom is 0.333 e. The van der Waals surface area contributed by atoms with Crippen LogP contribution in [0.3, 0.4) is 0 Å². The summed E-state index contributed by atoms with van der Waals surface area (Å²) in [5, 5.41) is 0. The standard InChI is InChI=1S/C12H22O2S/c1-6-12(5,7-2)15-9-8-14-11(13)10(3)4/h3,6-9H2,1-2,4-5H3. The van der Waals surface area contributed by atoms with Gasteiger partial charge in [0.15, 0.2) is 0 Å². The maximum absolute atomic E-state index is 11.1. The predicted molar refractivity (Wildman–Crippen MR) is 67.2 cm³/mol. The van der Waals surface area contributed by atoms with Crippen LogP contribution in [0.15, 0.2) is 12.2 Å². The highest BCUT2D eigenvalue weighted by molar-refractivity contribution is 8.00. The highest BCUT2D eigenvalue weighted by Crippen LogP contribution is 2.31. The van der Waals surface area contributed by atoms with E-state index < -0.39 is 0 Å². The Labute approximate surface area is 97.5 Å². The van der Waals surface area contributed by atoms with Crippen LogP contribution in [0.1, 0.15) is 40.5 Å². The zero-order valence-corrected chi connectivity index (χ0v) is 11.1. The molecule has 0 aliphatic heterocycles. The molecule has 0 spiro atoms. The molecule has 3 heteroatoms. The van der Waals surface area contributed by atoms with E-state index in [0.29, 0.717) is 16.9 Å². The van der Waals surface area contributed by atoms with Crippen LogP contribution in [0.2, 0.25) is 0 Å². The van der Waals surface area contributed by atoms with Gasteiger partial charge in [-0.3, -0.25) is 0 Å². The van der Waals surface area contributed by atoms with E-state index in [1.807, 2.05) is 11.8 Å². The van der Waals surface area contributed by atoms with E-state index in [1.165, 1.54) is 0 Å². The van der Waals surface area contributed by atoms with Gasteiger partial charge in [-0.15, -0.1) is 0 Å². The van der Waals surface area contributed by atoms with E-state index in [9.17, 15) is 4.79 Å². The van der Waals surface area contributed by atoms with Crippen molar-refractivity contribution in [2.45, 2.75) is 45.3 Å². The number of carbonyl (C=O) groups excluding carboxylic acids is 1. The minimum absolute atomic E-state index is 0.287. The van der Waals surface area contributed by atoms with Crippen molar-refractivity contribution in [1.29, 1.82) is 0 Å². The fourth-order valence-corrected chi connectivity index (χ4v) is 2.07. The van der Waals surface area contributed by atoms with Gasteiger partial charge < -0.3 is 4.74 Å². The Bertz CT molecular complexity index is 220. The minimum Gasteiger partial charge on any atom is -0.461 e. The number of ether oxygens (including phenoxy) is 1. The van der Waals surface area contributed by atoms with Gasteiger partial charge in [0, 0.05) is 16.1 Å². The summed E-state index contributed by atoms with van der Waals surface area (Å²) in [6.45, 7) is 12.3. The van der Waals surface area contributed by atoms with Crippen molar-refractivity contribution in [3.8, 4) is 0 Å². The molecule has 0 aromatic carbocycles. The molecule has 0 aliphatic rings. The summed E-state index contributed by atoms with van der Waals surface area (Å²) in [5.41, 5.74) is 0.466. The van der Waals surface area contributed by atoms with Crippen LogP contribution in [-0.2, 0) is 9.53 Å². The van der Waals surface area contributed by atoms with Gasteiger partial charge in [-0.2, -0.15) is 11.8 Å². The smallest absolute Gasteiger partial charge is 0.333 e. The van der Waals surface area contributed by atoms with Crippen LogP contribution in [0.5, 0.6) is 0 Å². The fraction of sp³-hybridized carbons (Fsp3) is 0.750. The molecule has 0 bridgehead atoms. The van der Waals surface area contributed by atoms with E-state index in [4.69, 9.17) is 4.74 Å². The molecule has 0 N–H and O–H groups in total. The lowest BCUT2D eigenvalue weighted by Crippen LogP contribution is -2.19. The Balaban J connectivity index is 3.71. The van der Waals surface area contributed by atoms with Crippen molar-refractivity contribution < 1.29 is 9.53 Å². The molecule has 0 aromatic rings. The Morgan fingerprint density at radius 1 is 1.40 bits per heavy atom. The summed E-state index contributed by atoms with van der Waals surface area (Å²) in [6, 6.07) is 0. The van der Waals surface area contributed by atoms with Crippen LogP contribution in [0.4, 0.5) is 0 Å². The van der Waals surface area contributed by atoms with Crippen molar-refractivity contribution in [3.05, 3.63) is 12.2 Å². The lowest BCUT2D eigenvalue weighted by Gasteiger charge is -2.25. The lowest BCUT2D eigenvalue weighted by molar-refractivity contribution is -0.138. The molecular weight excluding hydrogens is 208 g/mol. The largest absolute Gasteiger partial charge is 0.461 e. The van der Waals surface area contributed by atoms with E-state index in [-0.39, 0.29) is 5.97 Å². The number of carbonyl (C=O) groups is 1. The van der Waals surface area contributed by atoms with Gasteiger partial charge in [-0.25, -0.2) is 4.79 Å². The Morgan fingerprint density at radius 2 is 1.93 bits per heavy atom. The summed E-state index contributed by atoms with van der Waals surface area (Å²) < 4.78 is 5.34. The minimum atomic E-state index is -0.287. The number of hydrogen-bond acceptors (Lipinski definition) is 3. The van der Waals surface area contributed by atoms with Crippen LogP contribution >= 0.6 is 11.8 Å². The number of hydrogen-bond donors (Lipinski definition) is 0. The normalized spacial score (nSPS) is 11.2. The summed E-state index contributed by atoms with van der Waals surface area (Å²) >= 11 is 1.87. The summed E-state index contributed by atoms with van der Waals surface area (Å²) in [5.74, 6) is 0.572. The highest BCUT2D eigenvalue weighted by atomic mass is 32.2. The molecule has 0 aromatic heterocycles. The summed E-state index contributed by atoms with van der Waals surface area (Å²) in [7, 11) is 0. The van der Waals surface area contributed by atoms with Crippen molar-refractivity contribution in [2.24, 2.45) is 0 Å². The van der Waals surface area contributed by atoms with E-state index in [0.717, 1.165) is 18.6 Å². The van der Waals surface area contributed by atoms with Gasteiger partial charge in [-0.1, -0.05) is 27.4 Å². The third-order valence-electron chi connectivity index (χ3n) is 2.61. The Morgan fingerprint density at radius 3 is 2.33 bits per heavy atom. The molecule has 0 rings (SSSR count). The number of rotatable bonds is 7. The zero-order valence-electron chi connectivity index (χ0n) is 10.3. The van der Waals surface area contributed by atoms with E-state index >= 15 is 0 Å². The first-order valence-corrected chi connectivity index (χ1v) is 6.40. The van der Waals surface area contributed by atoms with Crippen molar-refractivity contribution in [1.82, 2.24) is 0 Å². The van der Waals surface area contributed by atoms with E-state index in [2.05, 4.69) is 27.4 Å². The predicted octanol–water partition coefficient (Wildman–Crippen LogP) is 3.42. The van der Waals surface area contributed by atoms with Crippen molar-refractivity contribution in [2.75, 3.05) is 12.4 Å². The average Bonchev–Trinajstić information content (AvgIpc) is 2.23. The summed E-state index contributed by atoms with van der Waals surface area (Å²) in [6.07, 6.45) is 2.28. The van der Waals surface area contributed by atoms with Gasteiger partial charge in [0.05, 0.1) is 0 Å². The second-order valence-corrected chi connectivity index (χ2v) is 5.60. The number of thioether (sulfide) groups is 1.